The summed E-state index contributed by atoms with van der Waals surface area (Å²) in [6, 6.07) is 6.74. The van der Waals surface area contributed by atoms with Crippen LogP contribution >= 0.6 is 0 Å². The quantitative estimate of drug-likeness (QED) is 0.542. The van der Waals surface area contributed by atoms with Crippen LogP contribution in [-0.4, -0.2) is 42.2 Å². The van der Waals surface area contributed by atoms with Crippen LogP contribution in [0.5, 0.6) is 11.5 Å². The molecule has 1 aromatic carbocycles. The average Bonchev–Trinajstić information content (AvgIpc) is 3.09. The number of primary sulfonamides is 1. The predicted molar refractivity (Wildman–Crippen MR) is 103 cm³/mol. The van der Waals surface area contributed by atoms with E-state index < -0.39 is 10.0 Å². The van der Waals surface area contributed by atoms with Crippen LogP contribution in [-0.2, 0) is 16.6 Å². The van der Waals surface area contributed by atoms with Gasteiger partial charge in [-0.1, -0.05) is 6.07 Å². The molecule has 3 heterocycles. The Balaban J connectivity index is 1.82. The number of sulfonamides is 1. The Labute approximate surface area is 160 Å². The van der Waals surface area contributed by atoms with E-state index in [1.807, 2.05) is 16.7 Å². The Morgan fingerprint density at radius 2 is 1.75 bits per heavy atom. The SMILES string of the molecule is COc1cc2ncc3ncn(Cc4ccc(S(N)(=O)=O)nc4)c3c2cc1OC. The maximum absolute atomic E-state index is 11.4. The van der Waals surface area contributed by atoms with Gasteiger partial charge in [-0.2, -0.15) is 0 Å². The molecule has 0 bridgehead atoms. The molecule has 144 valence electrons. The number of pyridine rings is 2. The van der Waals surface area contributed by atoms with Crippen LogP contribution in [0.15, 0.2) is 48.0 Å². The van der Waals surface area contributed by atoms with E-state index >= 15 is 0 Å². The molecule has 10 heteroatoms. The minimum atomic E-state index is -3.82. The number of hydrogen-bond acceptors (Lipinski definition) is 7. The molecule has 0 unspecified atom stereocenters. The molecule has 0 spiro atoms. The van der Waals surface area contributed by atoms with Gasteiger partial charge in [-0.25, -0.2) is 23.5 Å². The number of benzene rings is 1. The maximum atomic E-state index is 11.4. The molecule has 0 aliphatic rings. The molecule has 0 saturated carbocycles. The second-order valence-corrected chi connectivity index (χ2v) is 7.65. The summed E-state index contributed by atoms with van der Waals surface area (Å²) in [7, 11) is -0.673. The average molecular weight is 399 g/mol. The van der Waals surface area contributed by atoms with Crippen LogP contribution < -0.4 is 14.6 Å². The molecule has 2 N–H and O–H groups in total. The third-order valence-electron chi connectivity index (χ3n) is 4.39. The first kappa shape index (κ1) is 18.1. The summed E-state index contributed by atoms with van der Waals surface area (Å²) in [4.78, 5) is 12.8. The van der Waals surface area contributed by atoms with Gasteiger partial charge in [0, 0.05) is 17.6 Å². The summed E-state index contributed by atoms with van der Waals surface area (Å²) in [5.74, 6) is 1.19. The summed E-state index contributed by atoms with van der Waals surface area (Å²) in [6.45, 7) is 0.446. The minimum Gasteiger partial charge on any atom is -0.493 e. The third kappa shape index (κ3) is 3.12. The topological polar surface area (TPSA) is 122 Å². The van der Waals surface area contributed by atoms with Gasteiger partial charge in [-0.15, -0.1) is 0 Å². The third-order valence-corrected chi connectivity index (χ3v) is 5.22. The highest BCUT2D eigenvalue weighted by molar-refractivity contribution is 7.89. The largest absolute Gasteiger partial charge is 0.493 e. The lowest BCUT2D eigenvalue weighted by molar-refractivity contribution is 0.356. The number of rotatable bonds is 5. The van der Waals surface area contributed by atoms with Crippen LogP contribution in [0.3, 0.4) is 0 Å². The van der Waals surface area contributed by atoms with Gasteiger partial charge in [-0.05, 0) is 17.7 Å². The number of nitrogens with zero attached hydrogens (tertiary/aromatic N) is 4. The number of hydrogen-bond donors (Lipinski definition) is 1. The van der Waals surface area contributed by atoms with Crippen molar-refractivity contribution in [3.8, 4) is 11.5 Å². The number of nitrogens with two attached hydrogens (primary N) is 1. The molecule has 0 aliphatic heterocycles. The molecule has 9 nitrogen and oxygen atoms in total. The van der Waals surface area contributed by atoms with Gasteiger partial charge in [-0.3, -0.25) is 4.98 Å². The van der Waals surface area contributed by atoms with Crippen molar-refractivity contribution in [1.29, 1.82) is 0 Å². The zero-order valence-electron chi connectivity index (χ0n) is 15.2. The molecule has 4 aromatic rings. The second kappa shape index (κ2) is 6.73. The van der Waals surface area contributed by atoms with Gasteiger partial charge in [0.1, 0.15) is 5.52 Å². The Hall–Kier alpha value is -3.24. The summed E-state index contributed by atoms with van der Waals surface area (Å²) in [6.07, 6.45) is 4.89. The van der Waals surface area contributed by atoms with Crippen molar-refractivity contribution < 1.29 is 17.9 Å². The molecular formula is C18H17N5O4S. The lowest BCUT2D eigenvalue weighted by Crippen LogP contribution is -2.14. The minimum absolute atomic E-state index is 0.168. The van der Waals surface area contributed by atoms with Crippen molar-refractivity contribution in [3.63, 3.8) is 0 Å². The second-order valence-electron chi connectivity index (χ2n) is 6.14. The maximum Gasteiger partial charge on any atom is 0.255 e. The Morgan fingerprint density at radius 1 is 1.00 bits per heavy atom. The first-order valence-electron chi connectivity index (χ1n) is 8.24. The summed E-state index contributed by atoms with van der Waals surface area (Å²) in [5.41, 5.74) is 3.15. The van der Waals surface area contributed by atoms with Crippen molar-refractivity contribution in [2.75, 3.05) is 14.2 Å². The first-order valence-corrected chi connectivity index (χ1v) is 9.78. The fourth-order valence-corrected chi connectivity index (χ4v) is 3.53. The number of methoxy groups -OCH3 is 2. The lowest BCUT2D eigenvalue weighted by atomic mass is 10.1. The molecule has 0 aliphatic carbocycles. The molecule has 0 atom stereocenters. The van der Waals surface area contributed by atoms with E-state index in [1.54, 1.807) is 32.8 Å². The smallest absolute Gasteiger partial charge is 0.255 e. The summed E-state index contributed by atoms with van der Waals surface area (Å²) < 4.78 is 35.4. The van der Waals surface area contributed by atoms with Crippen molar-refractivity contribution in [1.82, 2.24) is 19.5 Å². The number of imidazole rings is 1. The number of fused-ring (bicyclic) bond motifs is 3. The molecular weight excluding hydrogens is 382 g/mol. The van der Waals surface area contributed by atoms with Gasteiger partial charge in [0.05, 0.1) is 44.3 Å². The van der Waals surface area contributed by atoms with Crippen molar-refractivity contribution in [3.05, 3.63) is 48.5 Å². The zero-order valence-corrected chi connectivity index (χ0v) is 16.0. The van der Waals surface area contributed by atoms with Crippen molar-refractivity contribution in [2.45, 2.75) is 11.6 Å². The van der Waals surface area contributed by atoms with Gasteiger partial charge in [0.15, 0.2) is 16.5 Å². The standard InChI is InChI=1S/C18H17N5O4S/c1-26-15-5-12-13(6-16(15)27-2)20-8-14-18(12)23(10-22-14)9-11-3-4-17(21-7-11)28(19,24)25/h3-8,10H,9H2,1-2H3,(H2,19,24,25). The van der Waals surface area contributed by atoms with E-state index in [4.69, 9.17) is 14.6 Å². The van der Waals surface area contributed by atoms with Gasteiger partial charge in [0.25, 0.3) is 10.0 Å². The van der Waals surface area contributed by atoms with E-state index in [-0.39, 0.29) is 5.03 Å². The summed E-state index contributed by atoms with van der Waals surface area (Å²) in [5, 5.41) is 5.79. The highest BCUT2D eigenvalue weighted by atomic mass is 32.2. The van der Waals surface area contributed by atoms with Gasteiger partial charge >= 0.3 is 0 Å². The van der Waals surface area contributed by atoms with E-state index in [0.717, 1.165) is 27.5 Å². The molecule has 0 radical (unpaired) electrons. The number of ether oxygens (including phenoxy) is 2. The predicted octanol–water partition coefficient (Wildman–Crippen LogP) is 1.69. The van der Waals surface area contributed by atoms with E-state index in [1.165, 1.54) is 12.3 Å². The lowest BCUT2D eigenvalue weighted by Gasteiger charge is -2.11. The van der Waals surface area contributed by atoms with Crippen LogP contribution in [0.4, 0.5) is 0 Å². The summed E-state index contributed by atoms with van der Waals surface area (Å²) >= 11 is 0. The first-order chi connectivity index (χ1) is 13.4. The number of aromatic nitrogens is 4. The fraction of sp³-hybridized carbons (Fsp3) is 0.167. The van der Waals surface area contributed by atoms with Crippen molar-refractivity contribution >= 4 is 32.0 Å². The van der Waals surface area contributed by atoms with E-state index in [0.29, 0.717) is 18.0 Å². The van der Waals surface area contributed by atoms with E-state index in [2.05, 4.69) is 15.0 Å². The van der Waals surface area contributed by atoms with Crippen molar-refractivity contribution in [2.24, 2.45) is 5.14 Å². The normalized spacial score (nSPS) is 11.8. The Bertz CT molecular complexity index is 1280. The van der Waals surface area contributed by atoms with E-state index in [9.17, 15) is 8.42 Å². The van der Waals surface area contributed by atoms with Crippen LogP contribution in [0.1, 0.15) is 5.56 Å². The molecule has 28 heavy (non-hydrogen) atoms. The molecule has 0 amide bonds. The fourth-order valence-electron chi connectivity index (χ4n) is 3.07. The van der Waals surface area contributed by atoms with Crippen LogP contribution in [0.25, 0.3) is 21.9 Å². The highest BCUT2D eigenvalue weighted by Gasteiger charge is 2.14. The van der Waals surface area contributed by atoms with Gasteiger partial charge < -0.3 is 14.0 Å². The van der Waals surface area contributed by atoms with Crippen LogP contribution in [0.2, 0.25) is 0 Å². The Kier molecular flexibility index (Phi) is 4.36. The van der Waals surface area contributed by atoms with Crippen LogP contribution in [0, 0.1) is 0 Å². The monoisotopic (exact) mass is 399 g/mol. The van der Waals surface area contributed by atoms with Gasteiger partial charge in [0.2, 0.25) is 0 Å². The molecule has 0 saturated heterocycles. The molecule has 4 rings (SSSR count). The molecule has 3 aromatic heterocycles. The zero-order chi connectivity index (χ0) is 19.9. The highest BCUT2D eigenvalue weighted by Crippen LogP contribution is 2.34. The Morgan fingerprint density at radius 3 is 2.39 bits per heavy atom. The molecule has 0 fully saturated rings.